The van der Waals surface area contributed by atoms with Crippen LogP contribution in [0.3, 0.4) is 0 Å². The molecule has 1 aromatic heterocycles. The van der Waals surface area contributed by atoms with E-state index in [1.807, 2.05) is 17.0 Å². The lowest BCUT2D eigenvalue weighted by atomic mass is 10.0. The van der Waals surface area contributed by atoms with Crippen molar-refractivity contribution in [3.63, 3.8) is 0 Å². The Labute approximate surface area is 132 Å². The molecule has 0 amide bonds. The highest BCUT2D eigenvalue weighted by molar-refractivity contribution is 5.29. The van der Waals surface area contributed by atoms with Crippen LogP contribution in [-0.2, 0) is 12.7 Å². The highest BCUT2D eigenvalue weighted by Crippen LogP contribution is 2.36. The number of nitrogens with zero attached hydrogens (tertiary/aromatic N) is 2. The number of pyridine rings is 1. The van der Waals surface area contributed by atoms with Gasteiger partial charge in [-0.25, -0.2) is 0 Å². The van der Waals surface area contributed by atoms with E-state index in [0.29, 0.717) is 25.1 Å². The summed E-state index contributed by atoms with van der Waals surface area (Å²) >= 11 is 0. The van der Waals surface area contributed by atoms with E-state index >= 15 is 0 Å². The van der Waals surface area contributed by atoms with Crippen molar-refractivity contribution in [1.82, 2.24) is 9.88 Å². The summed E-state index contributed by atoms with van der Waals surface area (Å²) in [7, 11) is 0. The SMILES string of the molecule is OC1CC(c2cccc(C(F)(F)F)c2)N(Cc2cccnc2)C1. The van der Waals surface area contributed by atoms with Crippen molar-refractivity contribution in [3.05, 3.63) is 65.5 Å². The van der Waals surface area contributed by atoms with Crippen molar-refractivity contribution < 1.29 is 18.3 Å². The molecule has 2 unspecified atom stereocenters. The first-order valence-electron chi connectivity index (χ1n) is 7.41. The summed E-state index contributed by atoms with van der Waals surface area (Å²) in [5.74, 6) is 0. The largest absolute Gasteiger partial charge is 0.416 e. The number of likely N-dealkylation sites (tertiary alicyclic amines) is 1. The molecule has 1 N–H and O–H groups in total. The van der Waals surface area contributed by atoms with Crippen LogP contribution in [0.2, 0.25) is 0 Å². The predicted molar refractivity (Wildman–Crippen MR) is 79.5 cm³/mol. The smallest absolute Gasteiger partial charge is 0.392 e. The van der Waals surface area contributed by atoms with Gasteiger partial charge in [0.1, 0.15) is 0 Å². The van der Waals surface area contributed by atoms with Crippen LogP contribution in [0.25, 0.3) is 0 Å². The molecule has 2 aromatic rings. The van der Waals surface area contributed by atoms with E-state index in [4.69, 9.17) is 0 Å². The van der Waals surface area contributed by atoms with E-state index < -0.39 is 17.8 Å². The number of alkyl halides is 3. The minimum Gasteiger partial charge on any atom is -0.392 e. The third kappa shape index (κ3) is 3.71. The third-order valence-electron chi connectivity index (χ3n) is 4.09. The molecule has 1 saturated heterocycles. The molecule has 122 valence electrons. The highest BCUT2D eigenvalue weighted by Gasteiger charge is 2.35. The number of rotatable bonds is 3. The standard InChI is InChI=1S/C17H17F3N2O/c18-17(19,20)14-5-1-4-13(7-14)16-8-15(23)11-22(16)10-12-3-2-6-21-9-12/h1-7,9,15-16,23H,8,10-11H2. The second-order valence-electron chi connectivity index (χ2n) is 5.82. The molecule has 0 radical (unpaired) electrons. The molecule has 1 aliphatic heterocycles. The summed E-state index contributed by atoms with van der Waals surface area (Å²) in [5.41, 5.74) is 0.900. The Bertz CT molecular complexity index is 660. The summed E-state index contributed by atoms with van der Waals surface area (Å²) < 4.78 is 38.7. The molecule has 3 rings (SSSR count). The molecule has 1 aliphatic rings. The first-order chi connectivity index (χ1) is 10.9. The van der Waals surface area contributed by atoms with Crippen molar-refractivity contribution in [2.75, 3.05) is 6.54 Å². The van der Waals surface area contributed by atoms with Gasteiger partial charge in [0.05, 0.1) is 11.7 Å². The zero-order chi connectivity index (χ0) is 16.4. The molecule has 1 fully saturated rings. The Morgan fingerprint density at radius 3 is 2.74 bits per heavy atom. The van der Waals surface area contributed by atoms with Crippen LogP contribution in [0.4, 0.5) is 13.2 Å². The number of hydrogen-bond acceptors (Lipinski definition) is 3. The Hall–Kier alpha value is -1.92. The second-order valence-corrected chi connectivity index (χ2v) is 5.82. The van der Waals surface area contributed by atoms with Gasteiger partial charge in [-0.3, -0.25) is 9.88 Å². The highest BCUT2D eigenvalue weighted by atomic mass is 19.4. The van der Waals surface area contributed by atoms with Crippen molar-refractivity contribution in [2.24, 2.45) is 0 Å². The molecule has 2 heterocycles. The normalized spacial score (nSPS) is 22.4. The topological polar surface area (TPSA) is 36.4 Å². The number of aliphatic hydroxyl groups excluding tert-OH is 1. The molecular formula is C17H17F3N2O. The number of aliphatic hydroxyl groups is 1. The van der Waals surface area contributed by atoms with Crippen LogP contribution in [0.5, 0.6) is 0 Å². The maximum Gasteiger partial charge on any atom is 0.416 e. The van der Waals surface area contributed by atoms with Crippen LogP contribution in [0, 0.1) is 0 Å². The molecule has 6 heteroatoms. The van der Waals surface area contributed by atoms with Gasteiger partial charge in [-0.1, -0.05) is 18.2 Å². The first kappa shape index (κ1) is 16.0. The molecular weight excluding hydrogens is 305 g/mol. The van der Waals surface area contributed by atoms with Gasteiger partial charge in [0.25, 0.3) is 0 Å². The lowest BCUT2D eigenvalue weighted by molar-refractivity contribution is -0.137. The van der Waals surface area contributed by atoms with Crippen molar-refractivity contribution in [2.45, 2.75) is 31.3 Å². The average Bonchev–Trinajstić information content (AvgIpc) is 2.88. The molecule has 0 bridgehead atoms. The number of hydrogen-bond donors (Lipinski definition) is 1. The van der Waals surface area contributed by atoms with Gasteiger partial charge in [0.2, 0.25) is 0 Å². The van der Waals surface area contributed by atoms with Gasteiger partial charge < -0.3 is 5.11 Å². The van der Waals surface area contributed by atoms with Crippen LogP contribution >= 0.6 is 0 Å². The first-order valence-corrected chi connectivity index (χ1v) is 7.41. The van der Waals surface area contributed by atoms with Gasteiger partial charge in [-0.2, -0.15) is 13.2 Å². The van der Waals surface area contributed by atoms with Crippen molar-refractivity contribution in [1.29, 1.82) is 0 Å². The fraction of sp³-hybridized carbons (Fsp3) is 0.353. The zero-order valence-corrected chi connectivity index (χ0v) is 12.4. The van der Waals surface area contributed by atoms with E-state index in [9.17, 15) is 18.3 Å². The second kappa shape index (κ2) is 6.29. The van der Waals surface area contributed by atoms with E-state index in [-0.39, 0.29) is 6.04 Å². The maximum atomic E-state index is 12.9. The van der Waals surface area contributed by atoms with Crippen LogP contribution in [0.15, 0.2) is 48.8 Å². The molecule has 23 heavy (non-hydrogen) atoms. The molecule has 0 aliphatic carbocycles. The minimum absolute atomic E-state index is 0.229. The van der Waals surface area contributed by atoms with Gasteiger partial charge in [0.15, 0.2) is 0 Å². The van der Waals surface area contributed by atoms with E-state index in [1.165, 1.54) is 12.1 Å². The molecule has 3 nitrogen and oxygen atoms in total. The van der Waals surface area contributed by atoms with Crippen LogP contribution in [-0.4, -0.2) is 27.6 Å². The molecule has 2 atom stereocenters. The zero-order valence-electron chi connectivity index (χ0n) is 12.4. The van der Waals surface area contributed by atoms with E-state index in [2.05, 4.69) is 4.98 Å². The lowest BCUT2D eigenvalue weighted by Crippen LogP contribution is -2.24. The third-order valence-corrected chi connectivity index (χ3v) is 4.09. The quantitative estimate of drug-likeness (QED) is 0.941. The predicted octanol–water partition coefficient (Wildman–Crippen LogP) is 3.41. The lowest BCUT2D eigenvalue weighted by Gasteiger charge is -2.25. The summed E-state index contributed by atoms with van der Waals surface area (Å²) in [6.07, 6.45) is -1.06. The number of β-amino-alcohol motifs (C(OH)–C–C–N with tert-alkyl or cyclic N) is 1. The monoisotopic (exact) mass is 322 g/mol. The average molecular weight is 322 g/mol. The fourth-order valence-electron chi connectivity index (χ4n) is 3.05. The molecule has 1 aromatic carbocycles. The van der Waals surface area contributed by atoms with E-state index in [0.717, 1.165) is 11.6 Å². The number of aromatic nitrogens is 1. The van der Waals surface area contributed by atoms with E-state index in [1.54, 1.807) is 18.5 Å². The molecule has 0 saturated carbocycles. The summed E-state index contributed by atoms with van der Waals surface area (Å²) in [6.45, 7) is 0.988. The minimum atomic E-state index is -4.36. The van der Waals surface area contributed by atoms with Gasteiger partial charge in [-0.15, -0.1) is 0 Å². The van der Waals surface area contributed by atoms with Crippen molar-refractivity contribution >= 4 is 0 Å². The van der Waals surface area contributed by atoms with Gasteiger partial charge in [0, 0.05) is 31.5 Å². The Kier molecular flexibility index (Phi) is 4.37. The van der Waals surface area contributed by atoms with Gasteiger partial charge in [-0.05, 0) is 35.7 Å². The Morgan fingerprint density at radius 1 is 1.22 bits per heavy atom. The fourth-order valence-corrected chi connectivity index (χ4v) is 3.05. The number of benzene rings is 1. The number of halogens is 3. The van der Waals surface area contributed by atoms with Crippen molar-refractivity contribution in [3.8, 4) is 0 Å². The molecule has 0 spiro atoms. The Balaban J connectivity index is 1.85. The van der Waals surface area contributed by atoms with Gasteiger partial charge >= 0.3 is 6.18 Å². The maximum absolute atomic E-state index is 12.9. The van der Waals surface area contributed by atoms with Crippen LogP contribution < -0.4 is 0 Å². The summed E-state index contributed by atoms with van der Waals surface area (Å²) in [4.78, 5) is 6.05. The summed E-state index contributed by atoms with van der Waals surface area (Å²) in [5, 5.41) is 9.96. The van der Waals surface area contributed by atoms with Crippen LogP contribution in [0.1, 0.15) is 29.2 Å². The Morgan fingerprint density at radius 2 is 2.04 bits per heavy atom. The summed E-state index contributed by atoms with van der Waals surface area (Å²) in [6, 6.07) is 8.87.